The van der Waals surface area contributed by atoms with Crippen molar-refractivity contribution >= 4 is 40.3 Å². The molecule has 0 N–H and O–H groups in total. The molecule has 2 aromatic heterocycles. The molecule has 0 unspecified atom stereocenters. The molecule has 2 heterocycles. The van der Waals surface area contributed by atoms with E-state index in [9.17, 15) is 4.55 Å². The fraction of sp³-hybridized carbons (Fsp3) is 0.118. The number of hydrogen-bond donors (Lipinski definition) is 0. The van der Waals surface area contributed by atoms with Gasteiger partial charge in [0.25, 0.3) is 0 Å². The molecule has 0 radical (unpaired) electrons. The first-order valence-corrected chi connectivity index (χ1v) is 9.66. The monoisotopic (exact) mass is 345 g/mol. The Morgan fingerprint density at radius 1 is 1.05 bits per heavy atom. The van der Waals surface area contributed by atoms with Gasteiger partial charge < -0.3 is 4.55 Å². The van der Waals surface area contributed by atoms with Crippen molar-refractivity contribution in [1.82, 2.24) is 0 Å². The number of aryl methyl sites for hydroxylation is 2. The summed E-state index contributed by atoms with van der Waals surface area (Å²) in [6.45, 7) is 4.13. The molecule has 5 heteroatoms. The van der Waals surface area contributed by atoms with Gasteiger partial charge in [-0.1, -0.05) is 22.1 Å². The predicted octanol–water partition coefficient (Wildman–Crippen LogP) is 5.24. The highest BCUT2D eigenvalue weighted by Crippen LogP contribution is 2.32. The second-order valence-corrected chi connectivity index (χ2v) is 8.01. The Balaban J connectivity index is 1.74. The van der Waals surface area contributed by atoms with Crippen LogP contribution >= 0.6 is 22.7 Å². The zero-order chi connectivity index (χ0) is 15.5. The Morgan fingerprint density at radius 3 is 2.50 bits per heavy atom. The van der Waals surface area contributed by atoms with Crippen LogP contribution in [0.4, 0.5) is 0 Å². The van der Waals surface area contributed by atoms with Crippen molar-refractivity contribution in [3.63, 3.8) is 0 Å². The van der Waals surface area contributed by atoms with Gasteiger partial charge in [0.15, 0.2) is 4.90 Å². The van der Waals surface area contributed by atoms with E-state index in [0.29, 0.717) is 0 Å². The topological polar surface area (TPSA) is 35.4 Å². The van der Waals surface area contributed by atoms with E-state index < -0.39 is 11.4 Å². The van der Waals surface area contributed by atoms with E-state index in [1.165, 1.54) is 16.0 Å². The summed E-state index contributed by atoms with van der Waals surface area (Å²) in [7, 11) is 0. The molecule has 3 aromatic rings. The molecule has 0 amide bonds. The smallest absolute Gasteiger partial charge is 0.182 e. The number of thiophene rings is 2. The Kier molecular flexibility index (Phi) is 4.78. The van der Waals surface area contributed by atoms with Crippen LogP contribution in [0.2, 0.25) is 0 Å². The maximum atomic E-state index is 12.1. The maximum absolute atomic E-state index is 12.1. The Morgan fingerprint density at radius 2 is 1.82 bits per heavy atom. The number of hydrogen-bond acceptors (Lipinski definition) is 4. The van der Waals surface area contributed by atoms with Gasteiger partial charge in [-0.3, -0.25) is 0 Å². The average molecular weight is 346 g/mol. The molecule has 0 spiro atoms. The molecule has 0 saturated carbocycles. The maximum Gasteiger partial charge on any atom is 0.182 e. The lowest BCUT2D eigenvalue weighted by Gasteiger charge is -2.01. The van der Waals surface area contributed by atoms with Crippen molar-refractivity contribution in [2.45, 2.75) is 18.7 Å². The van der Waals surface area contributed by atoms with Crippen molar-refractivity contribution in [1.29, 1.82) is 0 Å². The van der Waals surface area contributed by atoms with Crippen LogP contribution in [-0.4, -0.2) is 10.8 Å². The van der Waals surface area contributed by atoms with Crippen molar-refractivity contribution in [2.75, 3.05) is 0 Å². The standard InChI is InChI=1S/C17H15NOS3/c1-12-3-6-15(7-4-12)22(19)18-9-14-5-8-17(21-14)16-11-20-10-13(16)2/h3-11H,1-2H3/b18-9+/t22-/m1/s1. The van der Waals surface area contributed by atoms with Crippen LogP contribution < -0.4 is 0 Å². The van der Waals surface area contributed by atoms with Gasteiger partial charge in [0.2, 0.25) is 0 Å². The minimum absolute atomic E-state index is 0.729. The van der Waals surface area contributed by atoms with Crippen LogP contribution in [-0.2, 0) is 11.4 Å². The molecule has 0 aliphatic carbocycles. The lowest BCUT2D eigenvalue weighted by molar-refractivity contribution is 0.597. The molecule has 0 aliphatic rings. The van der Waals surface area contributed by atoms with Gasteiger partial charge in [0, 0.05) is 10.4 Å². The van der Waals surface area contributed by atoms with Gasteiger partial charge in [-0.05, 0) is 54.4 Å². The van der Waals surface area contributed by atoms with Crippen molar-refractivity contribution < 1.29 is 4.55 Å². The Hall–Kier alpha value is -1.40. The van der Waals surface area contributed by atoms with Crippen LogP contribution in [0.25, 0.3) is 10.4 Å². The fourth-order valence-electron chi connectivity index (χ4n) is 2.00. The number of benzene rings is 1. The Labute approximate surface area is 141 Å². The highest BCUT2D eigenvalue weighted by atomic mass is 32.2. The van der Waals surface area contributed by atoms with E-state index in [-0.39, 0.29) is 0 Å². The number of rotatable bonds is 4. The van der Waals surface area contributed by atoms with Gasteiger partial charge in [0.05, 0.1) is 11.1 Å². The van der Waals surface area contributed by atoms with E-state index in [0.717, 1.165) is 15.3 Å². The van der Waals surface area contributed by atoms with Crippen molar-refractivity contribution in [3.05, 3.63) is 63.2 Å². The summed E-state index contributed by atoms with van der Waals surface area (Å²) >= 11 is 2.03. The van der Waals surface area contributed by atoms with Gasteiger partial charge in [-0.2, -0.15) is 11.3 Å². The summed E-state index contributed by atoms with van der Waals surface area (Å²) < 4.78 is 16.3. The molecule has 112 valence electrons. The van der Waals surface area contributed by atoms with E-state index in [4.69, 9.17) is 0 Å². The zero-order valence-electron chi connectivity index (χ0n) is 12.3. The van der Waals surface area contributed by atoms with Gasteiger partial charge in [0.1, 0.15) is 11.4 Å². The predicted molar refractivity (Wildman–Crippen MR) is 97.6 cm³/mol. The van der Waals surface area contributed by atoms with E-state index in [1.54, 1.807) is 28.9 Å². The molecular formula is C17H15NOS3. The molecular weight excluding hydrogens is 330 g/mol. The van der Waals surface area contributed by atoms with E-state index in [1.807, 2.05) is 37.3 Å². The van der Waals surface area contributed by atoms with E-state index in [2.05, 4.69) is 28.1 Å². The normalized spacial score (nSPS) is 12.9. The molecule has 2 nitrogen and oxygen atoms in total. The highest BCUT2D eigenvalue weighted by Gasteiger charge is 2.10. The third-order valence-electron chi connectivity index (χ3n) is 3.25. The third-order valence-corrected chi connectivity index (χ3v) is 6.13. The molecule has 0 saturated heterocycles. The summed E-state index contributed by atoms with van der Waals surface area (Å²) in [5.74, 6) is 0. The SMILES string of the molecule is Cc1ccc([S@@+]([O-])/N=C/c2ccc(-c3cscc3C)s2)cc1. The zero-order valence-corrected chi connectivity index (χ0v) is 14.7. The highest BCUT2D eigenvalue weighted by molar-refractivity contribution is 7.90. The lowest BCUT2D eigenvalue weighted by Crippen LogP contribution is -1.97. The quantitative estimate of drug-likeness (QED) is 0.471. The molecule has 1 aromatic carbocycles. The first kappa shape index (κ1) is 15.5. The molecule has 1 atom stereocenters. The summed E-state index contributed by atoms with van der Waals surface area (Å²) in [5.41, 5.74) is 3.71. The minimum Gasteiger partial charge on any atom is -0.586 e. The molecule has 22 heavy (non-hydrogen) atoms. The largest absolute Gasteiger partial charge is 0.586 e. The third kappa shape index (κ3) is 3.50. The van der Waals surface area contributed by atoms with Crippen LogP contribution in [0, 0.1) is 13.8 Å². The van der Waals surface area contributed by atoms with E-state index >= 15 is 0 Å². The van der Waals surface area contributed by atoms with Crippen molar-refractivity contribution in [2.24, 2.45) is 4.40 Å². The summed E-state index contributed by atoms with van der Waals surface area (Å²) in [5, 5.41) is 4.31. The first-order valence-electron chi connectivity index (χ1n) is 6.79. The summed E-state index contributed by atoms with van der Waals surface area (Å²) in [6, 6.07) is 11.7. The number of nitrogens with zero attached hydrogens (tertiary/aromatic N) is 1. The van der Waals surface area contributed by atoms with Crippen LogP contribution in [0.1, 0.15) is 16.0 Å². The minimum atomic E-state index is -1.35. The molecule has 0 bridgehead atoms. The first-order chi connectivity index (χ1) is 10.6. The van der Waals surface area contributed by atoms with Crippen LogP contribution in [0.15, 0.2) is 56.5 Å². The van der Waals surface area contributed by atoms with Gasteiger partial charge >= 0.3 is 0 Å². The lowest BCUT2D eigenvalue weighted by atomic mass is 10.2. The van der Waals surface area contributed by atoms with Crippen LogP contribution in [0.3, 0.4) is 0 Å². The Bertz CT molecular complexity index is 786. The van der Waals surface area contributed by atoms with Gasteiger partial charge in [-0.15, -0.1) is 11.3 Å². The van der Waals surface area contributed by atoms with Crippen molar-refractivity contribution in [3.8, 4) is 10.4 Å². The van der Waals surface area contributed by atoms with Crippen LogP contribution in [0.5, 0.6) is 0 Å². The molecule has 0 fully saturated rings. The second-order valence-electron chi connectivity index (χ2n) is 4.97. The van der Waals surface area contributed by atoms with Gasteiger partial charge in [-0.25, -0.2) is 0 Å². The average Bonchev–Trinajstić information content (AvgIpc) is 3.14. The summed E-state index contributed by atoms with van der Waals surface area (Å²) in [4.78, 5) is 2.97. The molecule has 0 aliphatic heterocycles. The fourth-order valence-corrected chi connectivity index (χ4v) is 4.65. The summed E-state index contributed by atoms with van der Waals surface area (Å²) in [6.07, 6.45) is 1.70. The second kappa shape index (κ2) is 6.79. The molecule has 3 rings (SSSR count).